The van der Waals surface area contributed by atoms with Gasteiger partial charge in [-0.25, -0.2) is 8.78 Å². The molecule has 0 aliphatic carbocycles. The molecule has 0 bridgehead atoms. The molecule has 7 heteroatoms. The maximum Gasteiger partial charge on any atom is 0.259 e. The Morgan fingerprint density at radius 3 is 2.26 bits per heavy atom. The smallest absolute Gasteiger partial charge is 0.259 e. The van der Waals surface area contributed by atoms with E-state index >= 15 is 0 Å². The molecule has 0 saturated carbocycles. The average Bonchev–Trinajstić information content (AvgIpc) is 2.82. The quantitative estimate of drug-likeness (QED) is 0.435. The molecule has 0 spiro atoms. The van der Waals surface area contributed by atoms with Gasteiger partial charge in [-0.1, -0.05) is 59.6 Å². The number of benzene rings is 3. The highest BCUT2D eigenvalue weighted by Crippen LogP contribution is 2.24. The van der Waals surface area contributed by atoms with Gasteiger partial charge in [0.1, 0.15) is 17.2 Å². The van der Waals surface area contributed by atoms with Crippen molar-refractivity contribution in [2.45, 2.75) is 19.6 Å². The average molecular weight is 485 g/mol. The number of carbonyl (C=O) groups excluding carboxylic acids is 1. The molecule has 34 heavy (non-hydrogen) atoms. The molecular formula is C27H27ClF2N2O2. The molecule has 1 amide bonds. The van der Waals surface area contributed by atoms with Crippen LogP contribution in [0.25, 0.3) is 0 Å². The van der Waals surface area contributed by atoms with Gasteiger partial charge in [0.2, 0.25) is 0 Å². The van der Waals surface area contributed by atoms with Gasteiger partial charge in [-0.3, -0.25) is 9.69 Å². The Morgan fingerprint density at radius 2 is 1.62 bits per heavy atom. The van der Waals surface area contributed by atoms with Crippen LogP contribution in [0.3, 0.4) is 0 Å². The number of rotatable bonds is 7. The lowest BCUT2D eigenvalue weighted by atomic mass is 10.1. The van der Waals surface area contributed by atoms with Crippen molar-refractivity contribution in [1.82, 2.24) is 9.80 Å². The van der Waals surface area contributed by atoms with Gasteiger partial charge < -0.3 is 9.64 Å². The van der Waals surface area contributed by atoms with Crippen LogP contribution < -0.4 is 0 Å². The minimum atomic E-state index is -0.834. The number of halogens is 3. The monoisotopic (exact) mass is 484 g/mol. The third kappa shape index (κ3) is 6.00. The molecular weight excluding hydrogens is 458 g/mol. The summed E-state index contributed by atoms with van der Waals surface area (Å²) in [5.41, 5.74) is 2.80. The van der Waals surface area contributed by atoms with Gasteiger partial charge in [0, 0.05) is 37.7 Å². The van der Waals surface area contributed by atoms with Crippen molar-refractivity contribution in [2.75, 3.05) is 32.7 Å². The largest absolute Gasteiger partial charge is 0.368 e. The van der Waals surface area contributed by atoms with E-state index in [1.807, 2.05) is 49.4 Å². The molecule has 0 aromatic heterocycles. The van der Waals surface area contributed by atoms with Gasteiger partial charge in [-0.05, 0) is 42.3 Å². The van der Waals surface area contributed by atoms with Gasteiger partial charge in [0.25, 0.3) is 5.91 Å². The summed E-state index contributed by atoms with van der Waals surface area (Å²) in [5, 5.41) is 0.661. The second-order valence-corrected chi connectivity index (χ2v) is 8.97. The second kappa shape index (κ2) is 11.1. The Kier molecular flexibility index (Phi) is 7.93. The van der Waals surface area contributed by atoms with Gasteiger partial charge in [0.05, 0.1) is 12.7 Å². The molecule has 3 aromatic rings. The first-order valence-electron chi connectivity index (χ1n) is 11.3. The Balaban J connectivity index is 1.41. The van der Waals surface area contributed by atoms with Gasteiger partial charge >= 0.3 is 0 Å². The molecule has 0 radical (unpaired) electrons. The standard InChI is InChI=1S/C27H27ClF2N2O2/c1-19-4-2-5-20(16-19)18-34-25(21-8-10-22(28)11-9-21)17-31-12-14-32(15-13-31)27(33)26-23(29)6-3-7-24(26)30/h2-11,16,25H,12-15,17-18H2,1H3. The summed E-state index contributed by atoms with van der Waals surface area (Å²) in [6.07, 6.45) is -0.191. The predicted molar refractivity (Wildman–Crippen MR) is 129 cm³/mol. The van der Waals surface area contributed by atoms with E-state index in [-0.39, 0.29) is 6.10 Å². The van der Waals surface area contributed by atoms with E-state index in [1.165, 1.54) is 16.5 Å². The normalized spacial score (nSPS) is 15.4. The number of ether oxygens (including phenoxy) is 1. The van der Waals surface area contributed by atoms with Crippen molar-refractivity contribution in [3.63, 3.8) is 0 Å². The van der Waals surface area contributed by atoms with Crippen molar-refractivity contribution in [3.8, 4) is 0 Å². The number of aryl methyl sites for hydroxylation is 1. The Bertz CT molecular complexity index is 1110. The lowest BCUT2D eigenvalue weighted by molar-refractivity contribution is 0.00332. The number of hydrogen-bond acceptors (Lipinski definition) is 3. The van der Waals surface area contributed by atoms with Gasteiger partial charge in [-0.15, -0.1) is 0 Å². The van der Waals surface area contributed by atoms with E-state index in [2.05, 4.69) is 11.0 Å². The molecule has 178 valence electrons. The van der Waals surface area contributed by atoms with Crippen LogP contribution in [-0.2, 0) is 11.3 Å². The van der Waals surface area contributed by atoms with E-state index < -0.39 is 23.1 Å². The molecule has 1 atom stereocenters. The first-order valence-corrected chi connectivity index (χ1v) is 11.7. The highest BCUT2D eigenvalue weighted by Gasteiger charge is 2.28. The second-order valence-electron chi connectivity index (χ2n) is 8.53. The Morgan fingerprint density at radius 1 is 0.971 bits per heavy atom. The van der Waals surface area contributed by atoms with Crippen LogP contribution in [-0.4, -0.2) is 48.4 Å². The topological polar surface area (TPSA) is 32.8 Å². The van der Waals surface area contributed by atoms with Gasteiger partial charge in [-0.2, -0.15) is 0 Å². The molecule has 4 nitrogen and oxygen atoms in total. The van der Waals surface area contributed by atoms with Crippen molar-refractivity contribution in [3.05, 3.63) is 106 Å². The van der Waals surface area contributed by atoms with Crippen LogP contribution in [0.15, 0.2) is 66.7 Å². The first kappa shape index (κ1) is 24.3. The molecule has 4 rings (SSSR count). The van der Waals surface area contributed by atoms with E-state index in [0.29, 0.717) is 44.4 Å². The van der Waals surface area contributed by atoms with Crippen LogP contribution in [0.1, 0.15) is 33.2 Å². The third-order valence-electron chi connectivity index (χ3n) is 6.04. The maximum absolute atomic E-state index is 14.0. The molecule has 1 fully saturated rings. The summed E-state index contributed by atoms with van der Waals surface area (Å²) < 4.78 is 34.4. The molecule has 1 heterocycles. The molecule has 1 saturated heterocycles. The number of carbonyl (C=O) groups is 1. The van der Waals surface area contributed by atoms with Crippen LogP contribution in [0, 0.1) is 18.6 Å². The third-order valence-corrected chi connectivity index (χ3v) is 6.29. The van der Waals surface area contributed by atoms with Crippen LogP contribution >= 0.6 is 11.6 Å². The fourth-order valence-corrected chi connectivity index (χ4v) is 4.28. The van der Waals surface area contributed by atoms with Crippen molar-refractivity contribution < 1.29 is 18.3 Å². The summed E-state index contributed by atoms with van der Waals surface area (Å²) in [6, 6.07) is 19.3. The number of amides is 1. The van der Waals surface area contributed by atoms with Crippen LogP contribution in [0.2, 0.25) is 5.02 Å². The van der Waals surface area contributed by atoms with Gasteiger partial charge in [0.15, 0.2) is 0 Å². The zero-order valence-electron chi connectivity index (χ0n) is 19.0. The highest BCUT2D eigenvalue weighted by molar-refractivity contribution is 6.30. The number of hydrogen-bond donors (Lipinski definition) is 0. The van der Waals surface area contributed by atoms with Crippen LogP contribution in [0.4, 0.5) is 8.78 Å². The summed E-state index contributed by atoms with van der Waals surface area (Å²) in [4.78, 5) is 16.4. The summed E-state index contributed by atoms with van der Waals surface area (Å²) in [7, 11) is 0. The minimum absolute atomic E-state index is 0.191. The Labute approximate surface area is 203 Å². The summed E-state index contributed by atoms with van der Waals surface area (Å²) in [6.45, 7) is 5.09. The zero-order chi connectivity index (χ0) is 24.1. The summed E-state index contributed by atoms with van der Waals surface area (Å²) in [5.74, 6) is -2.28. The fourth-order valence-electron chi connectivity index (χ4n) is 4.16. The zero-order valence-corrected chi connectivity index (χ0v) is 19.8. The molecule has 1 aliphatic rings. The SMILES string of the molecule is Cc1cccc(COC(CN2CCN(C(=O)c3c(F)cccc3F)CC2)c2ccc(Cl)cc2)c1. The minimum Gasteiger partial charge on any atom is -0.368 e. The van der Waals surface area contributed by atoms with E-state index in [1.54, 1.807) is 0 Å². The highest BCUT2D eigenvalue weighted by atomic mass is 35.5. The molecule has 1 aliphatic heterocycles. The maximum atomic E-state index is 14.0. The lowest BCUT2D eigenvalue weighted by Gasteiger charge is -2.36. The van der Waals surface area contributed by atoms with Crippen LogP contribution in [0.5, 0.6) is 0 Å². The number of piperazine rings is 1. The molecule has 3 aromatic carbocycles. The first-order chi connectivity index (χ1) is 16.4. The predicted octanol–water partition coefficient (Wildman–Crippen LogP) is 5.64. The Hall–Kier alpha value is -2.80. The fraction of sp³-hybridized carbons (Fsp3) is 0.296. The lowest BCUT2D eigenvalue weighted by Crippen LogP contribution is -2.50. The van der Waals surface area contributed by atoms with Crippen molar-refractivity contribution in [2.24, 2.45) is 0 Å². The summed E-state index contributed by atoms with van der Waals surface area (Å²) >= 11 is 6.07. The number of nitrogens with zero attached hydrogens (tertiary/aromatic N) is 2. The van der Waals surface area contributed by atoms with E-state index in [9.17, 15) is 13.6 Å². The molecule has 0 N–H and O–H groups in total. The molecule has 1 unspecified atom stereocenters. The van der Waals surface area contributed by atoms with Crippen molar-refractivity contribution >= 4 is 17.5 Å². The van der Waals surface area contributed by atoms with E-state index in [0.717, 1.165) is 23.3 Å². The van der Waals surface area contributed by atoms with E-state index in [4.69, 9.17) is 16.3 Å². The van der Waals surface area contributed by atoms with Crippen molar-refractivity contribution in [1.29, 1.82) is 0 Å².